The smallest absolute Gasteiger partial charge is 0.137 e. The quantitative estimate of drug-likeness (QED) is 0.925. The van der Waals surface area contributed by atoms with Crippen molar-refractivity contribution < 1.29 is 0 Å². The van der Waals surface area contributed by atoms with Gasteiger partial charge in [-0.25, -0.2) is 9.97 Å². The Morgan fingerprint density at radius 1 is 1.30 bits per heavy atom. The normalized spacial score (nSPS) is 17.2. The number of pyridine rings is 1. The van der Waals surface area contributed by atoms with Crippen LogP contribution in [0.25, 0.3) is 5.82 Å². The van der Waals surface area contributed by atoms with Crippen molar-refractivity contribution in [2.45, 2.75) is 25.8 Å². The lowest BCUT2D eigenvalue weighted by Gasteiger charge is -2.31. The third kappa shape index (κ3) is 2.99. The second-order valence-corrected chi connectivity index (χ2v) is 5.23. The maximum atomic E-state index is 4.47. The fourth-order valence-electron chi connectivity index (χ4n) is 2.65. The Morgan fingerprint density at radius 3 is 2.75 bits per heavy atom. The predicted molar refractivity (Wildman–Crippen MR) is 80.1 cm³/mol. The van der Waals surface area contributed by atoms with E-state index in [1.54, 1.807) is 12.5 Å². The molecule has 5 heteroatoms. The second kappa shape index (κ2) is 6.05. The third-order valence-electron chi connectivity index (χ3n) is 3.92. The largest absolute Gasteiger partial charge is 0.381 e. The van der Waals surface area contributed by atoms with Gasteiger partial charge in [-0.15, -0.1) is 0 Å². The van der Waals surface area contributed by atoms with Gasteiger partial charge in [0.25, 0.3) is 0 Å². The van der Waals surface area contributed by atoms with Crippen LogP contribution in [0, 0.1) is 0 Å². The zero-order chi connectivity index (χ0) is 13.8. The van der Waals surface area contributed by atoms with E-state index >= 15 is 0 Å². The highest BCUT2D eigenvalue weighted by Crippen LogP contribution is 2.16. The van der Waals surface area contributed by atoms with E-state index in [4.69, 9.17) is 0 Å². The Bertz CT molecular complexity index is 512. The van der Waals surface area contributed by atoms with E-state index in [0.717, 1.165) is 18.1 Å². The van der Waals surface area contributed by atoms with Crippen molar-refractivity contribution >= 4 is 5.69 Å². The van der Waals surface area contributed by atoms with Crippen molar-refractivity contribution in [2.75, 3.05) is 25.0 Å². The zero-order valence-corrected chi connectivity index (χ0v) is 11.9. The lowest BCUT2D eigenvalue weighted by Crippen LogP contribution is -2.38. The van der Waals surface area contributed by atoms with Crippen molar-refractivity contribution in [1.82, 2.24) is 19.4 Å². The van der Waals surface area contributed by atoms with Gasteiger partial charge in [0.05, 0.1) is 11.9 Å². The lowest BCUT2D eigenvalue weighted by molar-refractivity contribution is 0.229. The molecule has 0 spiro atoms. The number of nitrogens with one attached hydrogen (secondary N) is 1. The summed E-state index contributed by atoms with van der Waals surface area (Å²) in [7, 11) is 0. The summed E-state index contributed by atoms with van der Waals surface area (Å²) in [6.45, 7) is 5.77. The molecule has 1 aliphatic heterocycles. The highest BCUT2D eigenvalue weighted by Gasteiger charge is 2.17. The standard InChI is InChI=1S/C15H21N5/c1-2-19-8-5-13(6-9-19)18-14-3-4-15(17-11-14)20-10-7-16-12-20/h3-4,7,10-13,18H,2,5-6,8-9H2,1H3. The summed E-state index contributed by atoms with van der Waals surface area (Å²) in [5.74, 6) is 0.897. The zero-order valence-electron chi connectivity index (χ0n) is 11.9. The number of hydrogen-bond donors (Lipinski definition) is 1. The van der Waals surface area contributed by atoms with Gasteiger partial charge >= 0.3 is 0 Å². The van der Waals surface area contributed by atoms with Gasteiger partial charge in [0.1, 0.15) is 12.1 Å². The first-order chi connectivity index (χ1) is 9.85. The topological polar surface area (TPSA) is 46.0 Å². The SMILES string of the molecule is CCN1CCC(Nc2ccc(-n3ccnc3)nc2)CC1. The Balaban J connectivity index is 1.59. The average molecular weight is 271 g/mol. The maximum absolute atomic E-state index is 4.47. The molecule has 106 valence electrons. The van der Waals surface area contributed by atoms with E-state index in [1.807, 2.05) is 23.0 Å². The minimum absolute atomic E-state index is 0.568. The van der Waals surface area contributed by atoms with E-state index in [2.05, 4.69) is 33.2 Å². The molecule has 5 nitrogen and oxygen atoms in total. The van der Waals surface area contributed by atoms with Gasteiger partial charge in [0.15, 0.2) is 0 Å². The van der Waals surface area contributed by atoms with Crippen LogP contribution in [0.1, 0.15) is 19.8 Å². The van der Waals surface area contributed by atoms with Crippen LogP contribution in [0.15, 0.2) is 37.1 Å². The summed E-state index contributed by atoms with van der Waals surface area (Å²) < 4.78 is 1.91. The highest BCUT2D eigenvalue weighted by atomic mass is 15.1. The first kappa shape index (κ1) is 13.1. The fraction of sp³-hybridized carbons (Fsp3) is 0.467. The van der Waals surface area contributed by atoms with Gasteiger partial charge in [-0.3, -0.25) is 4.57 Å². The van der Waals surface area contributed by atoms with Gasteiger partial charge < -0.3 is 10.2 Å². The second-order valence-electron chi connectivity index (χ2n) is 5.23. The van der Waals surface area contributed by atoms with Crippen LogP contribution in [0.4, 0.5) is 5.69 Å². The van der Waals surface area contributed by atoms with Crippen molar-refractivity contribution in [1.29, 1.82) is 0 Å². The molecule has 1 N–H and O–H groups in total. The lowest BCUT2D eigenvalue weighted by atomic mass is 10.0. The minimum atomic E-state index is 0.568. The highest BCUT2D eigenvalue weighted by molar-refractivity contribution is 5.44. The van der Waals surface area contributed by atoms with Gasteiger partial charge in [-0.05, 0) is 31.5 Å². The molecule has 0 amide bonds. The number of hydrogen-bond acceptors (Lipinski definition) is 4. The van der Waals surface area contributed by atoms with Crippen LogP contribution >= 0.6 is 0 Å². The molecule has 3 heterocycles. The summed E-state index contributed by atoms with van der Waals surface area (Å²) in [6, 6.07) is 4.68. The molecule has 0 atom stereocenters. The van der Waals surface area contributed by atoms with E-state index < -0.39 is 0 Å². The van der Waals surface area contributed by atoms with E-state index in [9.17, 15) is 0 Å². The number of anilines is 1. The summed E-state index contributed by atoms with van der Waals surface area (Å²) in [5.41, 5.74) is 1.10. The Kier molecular flexibility index (Phi) is 3.97. The Labute approximate surface area is 119 Å². The molecule has 3 rings (SSSR count). The van der Waals surface area contributed by atoms with Gasteiger partial charge in [-0.1, -0.05) is 6.92 Å². The number of nitrogens with zero attached hydrogens (tertiary/aromatic N) is 4. The number of piperidine rings is 1. The molecular weight excluding hydrogens is 250 g/mol. The van der Waals surface area contributed by atoms with E-state index in [0.29, 0.717) is 6.04 Å². The minimum Gasteiger partial charge on any atom is -0.381 e. The number of imidazole rings is 1. The van der Waals surface area contributed by atoms with Crippen LogP contribution in [0.2, 0.25) is 0 Å². The van der Waals surface area contributed by atoms with Crippen molar-refractivity contribution in [2.24, 2.45) is 0 Å². The molecule has 0 aromatic carbocycles. The van der Waals surface area contributed by atoms with Crippen LogP contribution in [-0.4, -0.2) is 45.1 Å². The van der Waals surface area contributed by atoms with Gasteiger partial charge in [0.2, 0.25) is 0 Å². The molecule has 2 aromatic rings. The summed E-state index contributed by atoms with van der Waals surface area (Å²) in [5, 5.41) is 3.58. The Morgan fingerprint density at radius 2 is 2.15 bits per heavy atom. The average Bonchev–Trinajstić information content (AvgIpc) is 3.03. The monoisotopic (exact) mass is 271 g/mol. The molecule has 0 bridgehead atoms. The molecule has 0 aliphatic carbocycles. The third-order valence-corrected chi connectivity index (χ3v) is 3.92. The summed E-state index contributed by atoms with van der Waals surface area (Å²) in [4.78, 5) is 11.0. The van der Waals surface area contributed by atoms with Gasteiger partial charge in [-0.2, -0.15) is 0 Å². The molecule has 20 heavy (non-hydrogen) atoms. The molecular formula is C15H21N5. The molecule has 1 saturated heterocycles. The van der Waals surface area contributed by atoms with Gasteiger partial charge in [0, 0.05) is 31.5 Å². The fourth-order valence-corrected chi connectivity index (χ4v) is 2.65. The number of likely N-dealkylation sites (tertiary alicyclic amines) is 1. The number of rotatable bonds is 4. The van der Waals surface area contributed by atoms with E-state index in [-0.39, 0.29) is 0 Å². The Hall–Kier alpha value is -1.88. The molecule has 0 radical (unpaired) electrons. The molecule has 1 aliphatic rings. The molecule has 2 aromatic heterocycles. The van der Waals surface area contributed by atoms with Crippen LogP contribution in [0.3, 0.4) is 0 Å². The van der Waals surface area contributed by atoms with Crippen LogP contribution in [0.5, 0.6) is 0 Å². The van der Waals surface area contributed by atoms with Crippen molar-refractivity contribution in [3.05, 3.63) is 37.1 Å². The molecule has 1 fully saturated rings. The van der Waals surface area contributed by atoms with Crippen molar-refractivity contribution in [3.8, 4) is 5.82 Å². The van der Waals surface area contributed by atoms with E-state index in [1.165, 1.54) is 25.9 Å². The first-order valence-corrected chi connectivity index (χ1v) is 7.28. The maximum Gasteiger partial charge on any atom is 0.137 e. The number of aromatic nitrogens is 3. The predicted octanol–water partition coefficient (Wildman–Crippen LogP) is 2.16. The van der Waals surface area contributed by atoms with Crippen molar-refractivity contribution in [3.63, 3.8) is 0 Å². The summed E-state index contributed by atoms with van der Waals surface area (Å²) >= 11 is 0. The van der Waals surface area contributed by atoms with Crippen LogP contribution in [-0.2, 0) is 0 Å². The first-order valence-electron chi connectivity index (χ1n) is 7.28. The van der Waals surface area contributed by atoms with Crippen LogP contribution < -0.4 is 5.32 Å². The summed E-state index contributed by atoms with van der Waals surface area (Å²) in [6.07, 6.45) is 9.73. The molecule has 0 unspecified atom stereocenters. The molecule has 0 saturated carbocycles.